The van der Waals surface area contributed by atoms with Crippen molar-refractivity contribution in [1.82, 2.24) is 19.3 Å². The monoisotopic (exact) mass is 624 g/mol. The fourth-order valence-corrected chi connectivity index (χ4v) is 6.64. The van der Waals surface area contributed by atoms with Gasteiger partial charge in [0.15, 0.2) is 5.75 Å². The summed E-state index contributed by atoms with van der Waals surface area (Å²) in [6.45, 7) is 10.8. The predicted octanol–water partition coefficient (Wildman–Crippen LogP) is 3.46. The third-order valence-electron chi connectivity index (χ3n) is 8.73. The average Bonchev–Trinajstić information content (AvgIpc) is 3.28. The summed E-state index contributed by atoms with van der Waals surface area (Å²) in [5, 5.41) is 3.94. The highest BCUT2D eigenvalue weighted by Crippen LogP contribution is 2.39. The van der Waals surface area contributed by atoms with Gasteiger partial charge in [0, 0.05) is 51.7 Å². The molecule has 11 nitrogen and oxygen atoms in total. The van der Waals surface area contributed by atoms with Gasteiger partial charge in [0.05, 0.1) is 36.3 Å². The molecule has 0 saturated carbocycles. The normalized spacial score (nSPS) is 18.2. The summed E-state index contributed by atoms with van der Waals surface area (Å²) < 4.78 is 34.3. The number of hydrogen-bond acceptors (Lipinski definition) is 7. The Morgan fingerprint density at radius 1 is 1.00 bits per heavy atom. The molecule has 12 heteroatoms. The van der Waals surface area contributed by atoms with Crippen molar-refractivity contribution in [1.29, 1.82) is 0 Å². The average molecular weight is 625 g/mol. The van der Waals surface area contributed by atoms with E-state index in [1.165, 1.54) is 7.11 Å². The molecule has 0 bridgehead atoms. The fraction of sp³-hybridized carbons (Fsp3) is 0.500. The van der Waals surface area contributed by atoms with Gasteiger partial charge in [-0.25, -0.2) is 8.42 Å². The summed E-state index contributed by atoms with van der Waals surface area (Å²) in [6, 6.07) is 11.5. The number of anilines is 2. The molecule has 2 fully saturated rings. The molecule has 2 aliphatic rings. The highest BCUT2D eigenvalue weighted by atomic mass is 32.2. The van der Waals surface area contributed by atoms with Gasteiger partial charge in [-0.1, -0.05) is 39.0 Å². The molecule has 2 aliphatic heterocycles. The standard InChI is InChI=1S/C32H44N6O5S/c1-32(2,3)23-18-24(29(43-6)25(19-23)34-44(7,41)42)33-30(39)27-17-21-9-8-10-22(28(21)36(27)5)20-37-13-15-38(16-14-37)31(40)26-11-12-35(26)4/h8-10,17-19,26,34H,11-16,20H2,1-7H3,(H,33,39). The number of aromatic nitrogens is 1. The van der Waals surface area contributed by atoms with Crippen molar-refractivity contribution in [3.8, 4) is 5.75 Å². The lowest BCUT2D eigenvalue weighted by molar-refractivity contribution is -0.142. The number of ether oxygens (including phenoxy) is 1. The molecule has 2 amide bonds. The summed E-state index contributed by atoms with van der Waals surface area (Å²) >= 11 is 0. The number of carbonyl (C=O) groups is 2. The first-order valence-corrected chi connectivity index (χ1v) is 16.9. The molecule has 238 valence electrons. The largest absolute Gasteiger partial charge is 0.492 e. The third-order valence-corrected chi connectivity index (χ3v) is 9.32. The number of amides is 2. The Hall–Kier alpha value is -3.61. The van der Waals surface area contributed by atoms with E-state index in [4.69, 9.17) is 4.74 Å². The first kappa shape index (κ1) is 31.8. The Morgan fingerprint density at radius 2 is 1.68 bits per heavy atom. The Labute approximate surface area is 260 Å². The number of para-hydroxylation sites is 1. The van der Waals surface area contributed by atoms with E-state index in [-0.39, 0.29) is 34.7 Å². The number of sulfonamides is 1. The first-order valence-electron chi connectivity index (χ1n) is 15.0. The van der Waals surface area contributed by atoms with Crippen LogP contribution in [0.25, 0.3) is 10.9 Å². The van der Waals surface area contributed by atoms with Gasteiger partial charge in [-0.3, -0.25) is 24.1 Å². The van der Waals surface area contributed by atoms with Crippen LogP contribution in [0.1, 0.15) is 48.8 Å². The maximum atomic E-state index is 13.8. The van der Waals surface area contributed by atoms with Gasteiger partial charge in [0.2, 0.25) is 15.9 Å². The number of hydrogen-bond donors (Lipinski definition) is 2. The van der Waals surface area contributed by atoms with E-state index in [0.717, 1.165) is 54.3 Å². The second-order valence-corrected chi connectivity index (χ2v) is 14.8. The van der Waals surface area contributed by atoms with Crippen LogP contribution in [0, 0.1) is 0 Å². The molecule has 0 radical (unpaired) electrons. The van der Waals surface area contributed by atoms with Crippen LogP contribution >= 0.6 is 0 Å². The minimum atomic E-state index is -3.59. The number of rotatable bonds is 8. The molecule has 0 aliphatic carbocycles. The van der Waals surface area contributed by atoms with Gasteiger partial charge in [0.1, 0.15) is 5.69 Å². The number of methoxy groups -OCH3 is 1. The molecule has 1 aromatic heterocycles. The second-order valence-electron chi connectivity index (χ2n) is 13.0. The van der Waals surface area contributed by atoms with E-state index in [9.17, 15) is 18.0 Å². The number of nitrogens with one attached hydrogen (secondary N) is 2. The quantitative estimate of drug-likeness (QED) is 0.395. The molecule has 2 N–H and O–H groups in total. The van der Waals surface area contributed by atoms with Crippen LogP contribution in [0.2, 0.25) is 0 Å². The molecule has 3 aromatic rings. The van der Waals surface area contributed by atoms with E-state index in [0.29, 0.717) is 31.0 Å². The first-order chi connectivity index (χ1) is 20.7. The van der Waals surface area contributed by atoms with Crippen molar-refractivity contribution in [3.05, 3.63) is 53.2 Å². The topological polar surface area (TPSA) is 116 Å². The van der Waals surface area contributed by atoms with Crippen molar-refractivity contribution in [2.45, 2.75) is 45.2 Å². The van der Waals surface area contributed by atoms with Crippen molar-refractivity contribution < 1.29 is 22.7 Å². The molecule has 1 atom stereocenters. The summed E-state index contributed by atoms with van der Waals surface area (Å²) in [5.41, 5.74) is 3.70. The van der Waals surface area contributed by atoms with Crippen LogP contribution in [0.5, 0.6) is 5.75 Å². The van der Waals surface area contributed by atoms with Gasteiger partial charge < -0.3 is 19.5 Å². The van der Waals surface area contributed by atoms with E-state index in [1.807, 2.05) is 68.6 Å². The predicted molar refractivity (Wildman–Crippen MR) is 174 cm³/mol. The summed E-state index contributed by atoms with van der Waals surface area (Å²) in [5.74, 6) is 0.137. The molecule has 2 saturated heterocycles. The Kier molecular flexibility index (Phi) is 8.71. The summed E-state index contributed by atoms with van der Waals surface area (Å²) in [6.07, 6.45) is 2.02. The Balaban J connectivity index is 1.37. The maximum Gasteiger partial charge on any atom is 0.272 e. The van der Waals surface area contributed by atoms with E-state index >= 15 is 0 Å². The molecule has 1 unspecified atom stereocenters. The van der Waals surface area contributed by atoms with Crippen LogP contribution < -0.4 is 14.8 Å². The second kappa shape index (κ2) is 12.1. The van der Waals surface area contributed by atoms with Gasteiger partial charge in [-0.2, -0.15) is 0 Å². The maximum absolute atomic E-state index is 13.8. The van der Waals surface area contributed by atoms with Crippen LogP contribution in [0.15, 0.2) is 36.4 Å². The third kappa shape index (κ3) is 6.57. The van der Waals surface area contributed by atoms with E-state index in [2.05, 4.69) is 25.9 Å². The number of likely N-dealkylation sites (tertiary alicyclic amines) is 1. The number of benzene rings is 2. The lowest BCUT2D eigenvalue weighted by Crippen LogP contribution is -2.58. The van der Waals surface area contributed by atoms with Crippen LogP contribution in [-0.4, -0.2) is 98.7 Å². The minimum absolute atomic E-state index is 0.0293. The van der Waals surface area contributed by atoms with Gasteiger partial charge in [-0.05, 0) is 48.2 Å². The van der Waals surface area contributed by atoms with Crippen LogP contribution in [0.3, 0.4) is 0 Å². The van der Waals surface area contributed by atoms with E-state index < -0.39 is 10.0 Å². The van der Waals surface area contributed by atoms with Crippen molar-refractivity contribution in [3.63, 3.8) is 0 Å². The molecule has 2 aromatic carbocycles. The zero-order chi connectivity index (χ0) is 32.0. The molecule has 0 spiro atoms. The number of likely N-dealkylation sites (N-methyl/N-ethyl adjacent to an activating group) is 1. The van der Waals surface area contributed by atoms with Crippen molar-refractivity contribution >= 4 is 44.1 Å². The Morgan fingerprint density at radius 3 is 2.25 bits per heavy atom. The number of fused-ring (bicyclic) bond motifs is 1. The lowest BCUT2D eigenvalue weighted by Gasteiger charge is -2.42. The SMILES string of the molecule is COc1c(NC(=O)c2cc3cccc(CN4CCN(C(=O)C5CCN5C)CC4)c3n2C)cc(C(C)(C)C)cc1NS(C)(=O)=O. The zero-order valence-electron chi connectivity index (χ0n) is 26.7. The van der Waals surface area contributed by atoms with Gasteiger partial charge >= 0.3 is 0 Å². The fourth-order valence-electron chi connectivity index (χ4n) is 6.09. The van der Waals surface area contributed by atoms with Gasteiger partial charge in [-0.15, -0.1) is 0 Å². The van der Waals surface area contributed by atoms with Crippen LogP contribution in [-0.2, 0) is 33.8 Å². The minimum Gasteiger partial charge on any atom is -0.492 e. The van der Waals surface area contributed by atoms with Crippen molar-refractivity contribution in [2.24, 2.45) is 7.05 Å². The van der Waals surface area contributed by atoms with Gasteiger partial charge in [0.25, 0.3) is 5.91 Å². The zero-order valence-corrected chi connectivity index (χ0v) is 27.5. The molecule has 3 heterocycles. The summed E-state index contributed by atoms with van der Waals surface area (Å²) in [7, 11) is 1.73. The van der Waals surface area contributed by atoms with E-state index in [1.54, 1.807) is 6.07 Å². The highest BCUT2D eigenvalue weighted by molar-refractivity contribution is 7.92. The number of carbonyl (C=O) groups excluding carboxylic acids is 2. The smallest absolute Gasteiger partial charge is 0.272 e. The molecule has 5 rings (SSSR count). The molecular weight excluding hydrogens is 580 g/mol. The van der Waals surface area contributed by atoms with Crippen molar-refractivity contribution in [2.75, 3.05) is 63.2 Å². The lowest BCUT2D eigenvalue weighted by atomic mass is 9.86. The van der Waals surface area contributed by atoms with Crippen LogP contribution in [0.4, 0.5) is 11.4 Å². The number of nitrogens with zero attached hydrogens (tertiary/aromatic N) is 4. The molecule has 44 heavy (non-hydrogen) atoms. The number of aryl methyl sites for hydroxylation is 1. The highest BCUT2D eigenvalue weighted by Gasteiger charge is 2.35. The molecular formula is C32H44N6O5S. The summed E-state index contributed by atoms with van der Waals surface area (Å²) in [4.78, 5) is 33.1. The Bertz CT molecular complexity index is 1690. The number of piperazine rings is 1.